The number of anilines is 1. The van der Waals surface area contributed by atoms with Crippen LogP contribution in [0.3, 0.4) is 0 Å². The van der Waals surface area contributed by atoms with E-state index in [1.165, 1.54) is 0 Å². The second-order valence-corrected chi connectivity index (χ2v) is 6.17. The van der Waals surface area contributed by atoms with E-state index in [9.17, 15) is 0 Å². The predicted octanol–water partition coefficient (Wildman–Crippen LogP) is 3.39. The molecule has 0 bridgehead atoms. The van der Waals surface area contributed by atoms with Gasteiger partial charge in [0.25, 0.3) is 0 Å². The van der Waals surface area contributed by atoms with E-state index in [1.807, 2.05) is 19.2 Å². The first-order chi connectivity index (χ1) is 8.99. The molecule has 0 aliphatic carbocycles. The van der Waals surface area contributed by atoms with Crippen molar-refractivity contribution in [2.24, 2.45) is 11.8 Å². The molecule has 0 saturated carbocycles. The fourth-order valence-electron chi connectivity index (χ4n) is 2.18. The van der Waals surface area contributed by atoms with Crippen LogP contribution in [0.15, 0.2) is 22.7 Å². The van der Waals surface area contributed by atoms with E-state index in [1.54, 1.807) is 7.11 Å². The third kappa shape index (κ3) is 4.69. The lowest BCUT2D eigenvalue weighted by atomic mass is 9.95. The Hall–Kier alpha value is -0.740. The molecule has 0 aromatic heterocycles. The van der Waals surface area contributed by atoms with Crippen molar-refractivity contribution in [1.29, 1.82) is 0 Å². The van der Waals surface area contributed by atoms with E-state index in [-0.39, 0.29) is 0 Å². The smallest absolute Gasteiger partial charge is 0.142 e. The average molecular weight is 329 g/mol. The summed E-state index contributed by atoms with van der Waals surface area (Å²) < 4.78 is 6.52. The second kappa shape index (κ2) is 7.75. The van der Waals surface area contributed by atoms with Crippen LogP contribution in [0.4, 0.5) is 5.69 Å². The fourth-order valence-corrected chi connectivity index (χ4v) is 2.53. The third-order valence-corrected chi connectivity index (χ3v) is 3.96. The Morgan fingerprint density at radius 1 is 1.37 bits per heavy atom. The topological polar surface area (TPSA) is 24.5 Å². The highest BCUT2D eigenvalue weighted by molar-refractivity contribution is 9.10. The van der Waals surface area contributed by atoms with Gasteiger partial charge in [-0.3, -0.25) is 0 Å². The summed E-state index contributed by atoms with van der Waals surface area (Å²) in [5.41, 5.74) is 1.12. The van der Waals surface area contributed by atoms with Crippen molar-refractivity contribution in [1.82, 2.24) is 5.32 Å². The first kappa shape index (κ1) is 16.3. The van der Waals surface area contributed by atoms with Gasteiger partial charge in [-0.15, -0.1) is 0 Å². The lowest BCUT2D eigenvalue weighted by Gasteiger charge is -2.29. The van der Waals surface area contributed by atoms with E-state index in [0.29, 0.717) is 11.8 Å². The van der Waals surface area contributed by atoms with Gasteiger partial charge in [0.1, 0.15) is 5.75 Å². The van der Waals surface area contributed by atoms with E-state index < -0.39 is 0 Å². The lowest BCUT2D eigenvalue weighted by Crippen LogP contribution is -2.34. The Morgan fingerprint density at radius 3 is 2.58 bits per heavy atom. The van der Waals surface area contributed by atoms with Crippen LogP contribution in [0.5, 0.6) is 5.75 Å². The van der Waals surface area contributed by atoms with Gasteiger partial charge in [-0.05, 0) is 43.6 Å². The van der Waals surface area contributed by atoms with Gasteiger partial charge in [0.15, 0.2) is 0 Å². The number of halogens is 1. The van der Waals surface area contributed by atoms with Crippen molar-refractivity contribution in [3.63, 3.8) is 0 Å². The average Bonchev–Trinajstić information content (AvgIpc) is 2.37. The molecule has 0 radical (unpaired) electrons. The fraction of sp³-hybridized carbons (Fsp3) is 0.600. The van der Waals surface area contributed by atoms with Crippen molar-refractivity contribution in [3.05, 3.63) is 22.7 Å². The highest BCUT2D eigenvalue weighted by Gasteiger charge is 2.17. The molecule has 1 unspecified atom stereocenters. The molecular weight excluding hydrogens is 304 g/mol. The molecule has 0 spiro atoms. The number of nitrogens with zero attached hydrogens (tertiary/aromatic N) is 1. The van der Waals surface area contributed by atoms with Gasteiger partial charge < -0.3 is 15.0 Å². The van der Waals surface area contributed by atoms with Crippen LogP contribution in [0.2, 0.25) is 0 Å². The standard InChI is InChI=1S/C15H25BrN2O/c1-11(2)12(9-17-3)10-18(4)14-8-13(16)6-7-15(14)19-5/h6-8,11-12,17H,9-10H2,1-5H3. The van der Waals surface area contributed by atoms with E-state index in [0.717, 1.165) is 29.0 Å². The number of rotatable bonds is 7. The Labute approximate surface area is 125 Å². The minimum absolute atomic E-state index is 0.610. The molecule has 1 N–H and O–H groups in total. The maximum Gasteiger partial charge on any atom is 0.142 e. The van der Waals surface area contributed by atoms with E-state index in [4.69, 9.17) is 4.74 Å². The summed E-state index contributed by atoms with van der Waals surface area (Å²) in [6, 6.07) is 6.11. The van der Waals surface area contributed by atoms with E-state index >= 15 is 0 Å². The summed E-state index contributed by atoms with van der Waals surface area (Å²) in [6.07, 6.45) is 0. The van der Waals surface area contributed by atoms with Crippen LogP contribution >= 0.6 is 15.9 Å². The number of ether oxygens (including phenoxy) is 1. The number of benzene rings is 1. The van der Waals surface area contributed by atoms with Crippen molar-refractivity contribution >= 4 is 21.6 Å². The molecular formula is C15H25BrN2O. The minimum Gasteiger partial charge on any atom is -0.495 e. The van der Waals surface area contributed by atoms with Crippen LogP contribution in [0, 0.1) is 11.8 Å². The molecule has 1 atom stereocenters. The van der Waals surface area contributed by atoms with Gasteiger partial charge in [-0.2, -0.15) is 0 Å². The number of hydrogen-bond donors (Lipinski definition) is 1. The molecule has 0 saturated heterocycles. The Bertz CT molecular complexity index is 396. The molecule has 0 fully saturated rings. The normalized spacial score (nSPS) is 12.6. The zero-order valence-electron chi connectivity index (χ0n) is 12.5. The molecule has 0 aliphatic heterocycles. The van der Waals surface area contributed by atoms with Gasteiger partial charge in [-0.1, -0.05) is 29.8 Å². The molecule has 0 heterocycles. The van der Waals surface area contributed by atoms with E-state index in [2.05, 4.69) is 53.1 Å². The first-order valence-corrected chi connectivity index (χ1v) is 7.48. The largest absolute Gasteiger partial charge is 0.495 e. The zero-order valence-corrected chi connectivity index (χ0v) is 14.1. The second-order valence-electron chi connectivity index (χ2n) is 5.26. The van der Waals surface area contributed by atoms with Gasteiger partial charge >= 0.3 is 0 Å². The van der Waals surface area contributed by atoms with Crippen LogP contribution in [-0.4, -0.2) is 34.3 Å². The van der Waals surface area contributed by atoms with Crippen molar-refractivity contribution in [3.8, 4) is 5.75 Å². The summed E-state index contributed by atoms with van der Waals surface area (Å²) in [7, 11) is 5.85. The van der Waals surface area contributed by atoms with Crippen molar-refractivity contribution < 1.29 is 4.74 Å². The van der Waals surface area contributed by atoms with Gasteiger partial charge in [0, 0.05) is 18.1 Å². The maximum atomic E-state index is 5.45. The molecule has 19 heavy (non-hydrogen) atoms. The highest BCUT2D eigenvalue weighted by Crippen LogP contribution is 2.31. The quantitative estimate of drug-likeness (QED) is 0.830. The molecule has 0 aliphatic rings. The first-order valence-electron chi connectivity index (χ1n) is 6.68. The molecule has 3 nitrogen and oxygen atoms in total. The monoisotopic (exact) mass is 328 g/mol. The number of nitrogens with one attached hydrogen (secondary N) is 1. The number of hydrogen-bond acceptors (Lipinski definition) is 3. The summed E-state index contributed by atoms with van der Waals surface area (Å²) in [5.74, 6) is 2.17. The molecule has 0 amide bonds. The van der Waals surface area contributed by atoms with Crippen LogP contribution < -0.4 is 15.0 Å². The molecule has 108 valence electrons. The predicted molar refractivity (Wildman–Crippen MR) is 86.2 cm³/mol. The Balaban J connectivity index is 2.86. The van der Waals surface area contributed by atoms with Crippen LogP contribution in [0.1, 0.15) is 13.8 Å². The highest BCUT2D eigenvalue weighted by atomic mass is 79.9. The summed E-state index contributed by atoms with van der Waals surface area (Å²) in [4.78, 5) is 2.27. The molecule has 1 aromatic carbocycles. The Morgan fingerprint density at radius 2 is 2.05 bits per heavy atom. The minimum atomic E-state index is 0.610. The lowest BCUT2D eigenvalue weighted by molar-refractivity contribution is 0.373. The van der Waals surface area contributed by atoms with Crippen molar-refractivity contribution in [2.75, 3.05) is 39.2 Å². The van der Waals surface area contributed by atoms with Crippen LogP contribution in [-0.2, 0) is 0 Å². The van der Waals surface area contributed by atoms with Crippen LogP contribution in [0.25, 0.3) is 0 Å². The Kier molecular flexibility index (Phi) is 6.66. The third-order valence-electron chi connectivity index (χ3n) is 3.47. The summed E-state index contributed by atoms with van der Waals surface area (Å²) in [6.45, 7) is 6.58. The van der Waals surface area contributed by atoms with Gasteiger partial charge in [-0.25, -0.2) is 0 Å². The zero-order chi connectivity index (χ0) is 14.4. The molecule has 4 heteroatoms. The maximum absolute atomic E-state index is 5.45. The summed E-state index contributed by atoms with van der Waals surface area (Å²) in [5, 5.41) is 3.28. The van der Waals surface area contributed by atoms with Gasteiger partial charge in [0.05, 0.1) is 12.8 Å². The SMILES string of the molecule is CNCC(CN(C)c1cc(Br)ccc1OC)C(C)C. The van der Waals surface area contributed by atoms with Gasteiger partial charge in [0.2, 0.25) is 0 Å². The molecule has 1 aromatic rings. The van der Waals surface area contributed by atoms with Crippen molar-refractivity contribution in [2.45, 2.75) is 13.8 Å². The summed E-state index contributed by atoms with van der Waals surface area (Å²) >= 11 is 3.53. The molecule has 1 rings (SSSR count). The number of methoxy groups -OCH3 is 1.